The molecule has 1 aromatic carbocycles. The van der Waals surface area contributed by atoms with Crippen molar-refractivity contribution in [2.75, 3.05) is 0 Å². The third kappa shape index (κ3) is 1.78. The zero-order chi connectivity index (χ0) is 12.1. The molecule has 1 nitrogen and oxygen atoms in total. The fraction of sp³-hybridized carbons (Fsp3) is 0.600. The third-order valence-corrected chi connectivity index (χ3v) is 4.40. The summed E-state index contributed by atoms with van der Waals surface area (Å²) in [6, 6.07) is 4.94. The minimum Gasteiger partial charge on any atom is -0.327 e. The van der Waals surface area contributed by atoms with Crippen LogP contribution in [0.2, 0.25) is 0 Å². The first kappa shape index (κ1) is 11.7. The van der Waals surface area contributed by atoms with Crippen molar-refractivity contribution >= 4 is 0 Å². The average Bonchev–Trinajstić information content (AvgIpc) is 2.60. The molecular formula is C15H23N. The van der Waals surface area contributed by atoms with Crippen LogP contribution in [0.15, 0.2) is 12.1 Å². The molecule has 0 bridgehead atoms. The quantitative estimate of drug-likeness (QED) is 0.809. The van der Waals surface area contributed by atoms with Crippen LogP contribution in [-0.4, -0.2) is 6.04 Å². The second kappa shape index (κ2) is 3.59. The molecule has 0 aliphatic heterocycles. The van der Waals surface area contributed by atoms with E-state index in [0.29, 0.717) is 17.4 Å². The second-order valence-electron chi connectivity index (χ2n) is 6.04. The molecule has 1 aliphatic carbocycles. The van der Waals surface area contributed by atoms with E-state index in [2.05, 4.69) is 46.8 Å². The van der Waals surface area contributed by atoms with Gasteiger partial charge in [-0.3, -0.25) is 0 Å². The maximum atomic E-state index is 6.12. The van der Waals surface area contributed by atoms with Crippen molar-refractivity contribution in [3.63, 3.8) is 0 Å². The Labute approximate surface area is 99.0 Å². The van der Waals surface area contributed by atoms with E-state index in [-0.39, 0.29) is 0 Å². The van der Waals surface area contributed by atoms with Crippen LogP contribution in [0, 0.1) is 32.1 Å². The van der Waals surface area contributed by atoms with Crippen molar-refractivity contribution in [2.24, 2.45) is 17.1 Å². The monoisotopic (exact) mass is 217 g/mol. The zero-order valence-electron chi connectivity index (χ0n) is 11.1. The molecular weight excluding hydrogens is 194 g/mol. The molecule has 1 aliphatic rings. The maximum Gasteiger partial charge on any atom is 0.0131 e. The van der Waals surface area contributed by atoms with Gasteiger partial charge in [-0.25, -0.2) is 0 Å². The van der Waals surface area contributed by atoms with Crippen molar-refractivity contribution in [3.05, 3.63) is 34.4 Å². The first-order chi connectivity index (χ1) is 7.34. The van der Waals surface area contributed by atoms with E-state index < -0.39 is 0 Å². The first-order valence-electron chi connectivity index (χ1n) is 6.16. The van der Waals surface area contributed by atoms with E-state index in [1.807, 2.05) is 0 Å². The normalized spacial score (nSPS) is 26.9. The largest absolute Gasteiger partial charge is 0.327 e. The van der Waals surface area contributed by atoms with Crippen LogP contribution in [0.5, 0.6) is 0 Å². The van der Waals surface area contributed by atoms with E-state index in [1.165, 1.54) is 22.3 Å². The number of hydrogen-bond acceptors (Lipinski definition) is 1. The predicted molar refractivity (Wildman–Crippen MR) is 69.6 cm³/mol. The second-order valence-corrected chi connectivity index (χ2v) is 6.04. The molecule has 2 rings (SSSR count). The summed E-state index contributed by atoms with van der Waals surface area (Å²) in [6.45, 7) is 11.2. The van der Waals surface area contributed by atoms with E-state index in [9.17, 15) is 0 Å². The lowest BCUT2D eigenvalue weighted by Gasteiger charge is -2.12. The molecule has 0 unspecified atom stereocenters. The number of rotatable bonds is 2. The van der Waals surface area contributed by atoms with Gasteiger partial charge in [0, 0.05) is 6.04 Å². The number of nitrogens with two attached hydrogens (primary N) is 1. The summed E-state index contributed by atoms with van der Waals surface area (Å²) < 4.78 is 0. The Bertz CT molecular complexity index is 394. The fourth-order valence-electron chi connectivity index (χ4n) is 2.93. The zero-order valence-corrected chi connectivity index (χ0v) is 11.1. The van der Waals surface area contributed by atoms with Crippen LogP contribution in [0.3, 0.4) is 0 Å². The van der Waals surface area contributed by atoms with Gasteiger partial charge in [-0.15, -0.1) is 0 Å². The van der Waals surface area contributed by atoms with Crippen LogP contribution in [0.1, 0.15) is 36.1 Å². The maximum absolute atomic E-state index is 6.12. The minimum absolute atomic E-state index is 0.337. The van der Waals surface area contributed by atoms with Gasteiger partial charge in [-0.1, -0.05) is 31.5 Å². The molecule has 0 amide bonds. The molecule has 1 heteroatoms. The highest BCUT2D eigenvalue weighted by Gasteiger charge is 2.54. The summed E-state index contributed by atoms with van der Waals surface area (Å²) in [5.74, 6) is 0.660. The van der Waals surface area contributed by atoms with Crippen LogP contribution in [0.25, 0.3) is 0 Å². The highest BCUT2D eigenvalue weighted by molar-refractivity contribution is 5.39. The van der Waals surface area contributed by atoms with Crippen molar-refractivity contribution in [3.8, 4) is 0 Å². The molecule has 1 saturated carbocycles. The smallest absolute Gasteiger partial charge is 0.0131 e. The van der Waals surface area contributed by atoms with Gasteiger partial charge in [0.1, 0.15) is 0 Å². The van der Waals surface area contributed by atoms with Gasteiger partial charge in [0.15, 0.2) is 0 Å². The Morgan fingerprint density at radius 3 is 1.94 bits per heavy atom. The third-order valence-electron chi connectivity index (χ3n) is 4.40. The Morgan fingerprint density at radius 1 is 1.12 bits per heavy atom. The number of aryl methyl sites for hydroxylation is 3. The summed E-state index contributed by atoms with van der Waals surface area (Å²) in [5, 5.41) is 0. The van der Waals surface area contributed by atoms with Crippen molar-refractivity contribution in [1.82, 2.24) is 0 Å². The van der Waals surface area contributed by atoms with Gasteiger partial charge in [0.25, 0.3) is 0 Å². The Kier molecular flexibility index (Phi) is 2.62. The Balaban J connectivity index is 2.24. The van der Waals surface area contributed by atoms with Crippen LogP contribution in [0.4, 0.5) is 0 Å². The minimum atomic E-state index is 0.337. The van der Waals surface area contributed by atoms with Crippen LogP contribution >= 0.6 is 0 Å². The molecule has 0 spiro atoms. The number of benzene rings is 1. The summed E-state index contributed by atoms with van der Waals surface area (Å²) in [6.07, 6.45) is 1.14. The van der Waals surface area contributed by atoms with Gasteiger partial charge < -0.3 is 5.73 Å². The van der Waals surface area contributed by atoms with E-state index in [4.69, 9.17) is 5.73 Å². The summed E-state index contributed by atoms with van der Waals surface area (Å²) in [4.78, 5) is 0. The van der Waals surface area contributed by atoms with Gasteiger partial charge in [-0.2, -0.15) is 0 Å². The molecule has 88 valence electrons. The van der Waals surface area contributed by atoms with Crippen molar-refractivity contribution in [2.45, 2.75) is 47.1 Å². The molecule has 0 heterocycles. The van der Waals surface area contributed by atoms with Crippen LogP contribution < -0.4 is 5.73 Å². The highest BCUT2D eigenvalue weighted by Crippen LogP contribution is 2.52. The van der Waals surface area contributed by atoms with Crippen molar-refractivity contribution in [1.29, 1.82) is 0 Å². The SMILES string of the molecule is Cc1cc(C)c(C[C@@H]2[C@@H](N)C2(C)C)c(C)c1. The molecule has 0 saturated heterocycles. The Hall–Kier alpha value is -0.820. The molecule has 2 atom stereocenters. The van der Waals surface area contributed by atoms with Gasteiger partial charge in [0.05, 0.1) is 0 Å². The van der Waals surface area contributed by atoms with Gasteiger partial charge in [-0.05, 0) is 55.2 Å². The highest BCUT2D eigenvalue weighted by atomic mass is 14.8. The molecule has 1 fully saturated rings. The lowest BCUT2D eigenvalue weighted by atomic mass is 9.94. The van der Waals surface area contributed by atoms with E-state index in [1.54, 1.807) is 0 Å². The fourth-order valence-corrected chi connectivity index (χ4v) is 2.93. The molecule has 1 aromatic rings. The molecule has 0 radical (unpaired) electrons. The number of hydrogen-bond donors (Lipinski definition) is 1. The molecule has 0 aromatic heterocycles. The lowest BCUT2D eigenvalue weighted by molar-refractivity contribution is 0.550. The summed E-state index contributed by atoms with van der Waals surface area (Å²) in [7, 11) is 0. The molecule has 2 N–H and O–H groups in total. The first-order valence-corrected chi connectivity index (χ1v) is 6.16. The van der Waals surface area contributed by atoms with Gasteiger partial charge in [0.2, 0.25) is 0 Å². The summed E-state index contributed by atoms with van der Waals surface area (Å²) >= 11 is 0. The van der Waals surface area contributed by atoms with Crippen molar-refractivity contribution < 1.29 is 0 Å². The topological polar surface area (TPSA) is 26.0 Å². The summed E-state index contributed by atoms with van der Waals surface area (Å²) in [5.41, 5.74) is 12.2. The lowest BCUT2D eigenvalue weighted by Crippen LogP contribution is -2.07. The van der Waals surface area contributed by atoms with Gasteiger partial charge >= 0.3 is 0 Å². The standard InChI is InChI=1S/C15H23N/c1-9-6-10(2)12(11(3)7-9)8-13-14(16)15(13,4)5/h6-7,13-14H,8,16H2,1-5H3/t13-,14-/m1/s1. The van der Waals surface area contributed by atoms with E-state index >= 15 is 0 Å². The van der Waals surface area contributed by atoms with Crippen LogP contribution in [-0.2, 0) is 6.42 Å². The van der Waals surface area contributed by atoms with E-state index in [0.717, 1.165) is 6.42 Å². The molecule has 16 heavy (non-hydrogen) atoms. The Morgan fingerprint density at radius 2 is 1.56 bits per heavy atom. The predicted octanol–water partition coefficient (Wildman–Crippen LogP) is 3.14. The average molecular weight is 217 g/mol.